The molecule has 1 fully saturated rings. The van der Waals surface area contributed by atoms with Gasteiger partial charge in [0.1, 0.15) is 0 Å². The van der Waals surface area contributed by atoms with Crippen molar-refractivity contribution in [3.05, 3.63) is 34.5 Å². The molecule has 1 atom stereocenters. The number of likely N-dealkylation sites (N-methyl/N-ethyl adjacent to an activating group) is 1. The Morgan fingerprint density at radius 3 is 2.74 bits per heavy atom. The van der Waals surface area contributed by atoms with Crippen LogP contribution in [-0.2, 0) is 0 Å². The lowest BCUT2D eigenvalue weighted by Crippen LogP contribution is -2.43. The summed E-state index contributed by atoms with van der Waals surface area (Å²) in [5.41, 5.74) is 6.74. The molecule has 0 saturated carbocycles. The van der Waals surface area contributed by atoms with Crippen molar-refractivity contribution >= 4 is 10.9 Å². The van der Waals surface area contributed by atoms with Gasteiger partial charge in [0.25, 0.3) is 0 Å². The Balaban J connectivity index is 2.14. The second-order valence-electron chi connectivity index (χ2n) is 5.94. The van der Waals surface area contributed by atoms with Crippen molar-refractivity contribution in [3.63, 3.8) is 0 Å². The van der Waals surface area contributed by atoms with Gasteiger partial charge >= 0.3 is 0 Å². The van der Waals surface area contributed by atoms with Crippen LogP contribution in [0, 0.1) is 20.8 Å². The van der Waals surface area contributed by atoms with Crippen LogP contribution in [0.25, 0.3) is 10.9 Å². The number of benzene rings is 1. The fourth-order valence-corrected chi connectivity index (χ4v) is 3.41. The van der Waals surface area contributed by atoms with E-state index in [1.54, 1.807) is 0 Å². The highest BCUT2D eigenvalue weighted by Gasteiger charge is 2.23. The van der Waals surface area contributed by atoms with Crippen LogP contribution in [0.4, 0.5) is 0 Å². The Morgan fingerprint density at radius 2 is 2.00 bits per heavy atom. The summed E-state index contributed by atoms with van der Waals surface area (Å²) in [7, 11) is 2.20. The van der Waals surface area contributed by atoms with E-state index in [9.17, 15) is 0 Å². The molecule has 1 aliphatic heterocycles. The zero-order valence-electron chi connectivity index (χ0n) is 12.3. The summed E-state index contributed by atoms with van der Waals surface area (Å²) in [6.07, 6.45) is 0. The lowest BCUT2D eigenvalue weighted by molar-refractivity contribution is 0.241. The lowest BCUT2D eigenvalue weighted by atomic mass is 9.97. The molecule has 1 aromatic heterocycles. The average Bonchev–Trinajstić information content (AvgIpc) is 2.65. The highest BCUT2D eigenvalue weighted by molar-refractivity contribution is 5.89. The van der Waals surface area contributed by atoms with Crippen molar-refractivity contribution < 1.29 is 0 Å². The Hall–Kier alpha value is -1.32. The minimum absolute atomic E-state index is 0.439. The number of aromatic nitrogens is 1. The molecule has 1 unspecified atom stereocenters. The predicted octanol–water partition coefficient (Wildman–Crippen LogP) is 2.67. The number of fused-ring (bicyclic) bond motifs is 1. The summed E-state index contributed by atoms with van der Waals surface area (Å²) in [5.74, 6) is 0. The van der Waals surface area contributed by atoms with E-state index < -0.39 is 0 Å². The molecule has 2 aromatic rings. The van der Waals surface area contributed by atoms with Gasteiger partial charge in [-0.15, -0.1) is 0 Å². The van der Waals surface area contributed by atoms with E-state index >= 15 is 0 Å². The average molecular weight is 257 g/mol. The van der Waals surface area contributed by atoms with Crippen molar-refractivity contribution in [2.24, 2.45) is 0 Å². The monoisotopic (exact) mass is 257 g/mol. The molecule has 0 amide bonds. The zero-order chi connectivity index (χ0) is 13.6. The van der Waals surface area contributed by atoms with Crippen LogP contribution in [-0.4, -0.2) is 36.6 Å². The number of rotatable bonds is 1. The zero-order valence-corrected chi connectivity index (χ0v) is 12.3. The Morgan fingerprint density at radius 1 is 1.21 bits per heavy atom. The maximum absolute atomic E-state index is 3.67. The van der Waals surface area contributed by atoms with E-state index in [1.165, 1.54) is 33.3 Å². The van der Waals surface area contributed by atoms with E-state index in [0.717, 1.165) is 19.6 Å². The highest BCUT2D eigenvalue weighted by Crippen LogP contribution is 2.32. The third-order valence-corrected chi connectivity index (χ3v) is 4.20. The minimum Gasteiger partial charge on any atom is -0.358 e. The van der Waals surface area contributed by atoms with Crippen LogP contribution in [0.2, 0.25) is 0 Å². The van der Waals surface area contributed by atoms with Crippen molar-refractivity contribution in [2.45, 2.75) is 26.8 Å². The van der Waals surface area contributed by atoms with Crippen LogP contribution < -0.4 is 5.32 Å². The summed E-state index contributed by atoms with van der Waals surface area (Å²) in [6.45, 7) is 9.86. The first-order valence-electron chi connectivity index (χ1n) is 7.07. The van der Waals surface area contributed by atoms with Crippen LogP contribution in [0.15, 0.2) is 12.1 Å². The molecule has 1 aliphatic rings. The molecule has 102 valence electrons. The predicted molar refractivity (Wildman–Crippen MR) is 80.8 cm³/mol. The van der Waals surface area contributed by atoms with Crippen molar-refractivity contribution in [3.8, 4) is 0 Å². The van der Waals surface area contributed by atoms with Gasteiger partial charge in [-0.1, -0.05) is 6.07 Å². The van der Waals surface area contributed by atoms with Crippen molar-refractivity contribution in [1.82, 2.24) is 15.2 Å². The topological polar surface area (TPSA) is 31.1 Å². The first-order valence-corrected chi connectivity index (χ1v) is 7.07. The summed E-state index contributed by atoms with van der Waals surface area (Å²) in [4.78, 5) is 5.97. The van der Waals surface area contributed by atoms with Crippen molar-refractivity contribution in [1.29, 1.82) is 0 Å². The molecule has 0 bridgehead atoms. The fraction of sp³-hybridized carbons (Fsp3) is 0.500. The largest absolute Gasteiger partial charge is 0.358 e. The molecule has 2 heterocycles. The molecule has 3 nitrogen and oxygen atoms in total. The third-order valence-electron chi connectivity index (χ3n) is 4.20. The van der Waals surface area contributed by atoms with E-state index in [-0.39, 0.29) is 0 Å². The molecule has 3 heteroatoms. The molecule has 0 spiro atoms. The van der Waals surface area contributed by atoms with Gasteiger partial charge in [-0.2, -0.15) is 0 Å². The normalized spacial score (nSPS) is 21.2. The second kappa shape index (κ2) is 4.66. The smallest absolute Gasteiger partial charge is 0.0473 e. The molecular formula is C16H23N3. The fourth-order valence-electron chi connectivity index (χ4n) is 3.41. The van der Waals surface area contributed by atoms with Gasteiger partial charge < -0.3 is 15.2 Å². The Kier molecular flexibility index (Phi) is 3.11. The maximum Gasteiger partial charge on any atom is 0.0473 e. The molecule has 0 aliphatic carbocycles. The minimum atomic E-state index is 0.439. The maximum atomic E-state index is 3.67. The molecule has 1 saturated heterocycles. The van der Waals surface area contributed by atoms with E-state index in [0.29, 0.717) is 6.04 Å². The summed E-state index contributed by atoms with van der Waals surface area (Å²) in [5, 5.41) is 5.08. The first kappa shape index (κ1) is 12.7. The standard InChI is InChI=1S/C16H23N3/c1-10-7-11(2)15-13(8-10)18-12(3)16(15)14-9-19(4)6-5-17-14/h7-8,14,17-18H,5-6,9H2,1-4H3. The van der Waals surface area contributed by atoms with Crippen LogP contribution in [0.3, 0.4) is 0 Å². The van der Waals surface area contributed by atoms with E-state index in [1.807, 2.05) is 0 Å². The quantitative estimate of drug-likeness (QED) is 0.823. The van der Waals surface area contributed by atoms with Gasteiger partial charge in [-0.25, -0.2) is 0 Å². The van der Waals surface area contributed by atoms with Gasteiger partial charge in [-0.3, -0.25) is 0 Å². The van der Waals surface area contributed by atoms with Crippen molar-refractivity contribution in [2.75, 3.05) is 26.7 Å². The number of nitrogens with zero attached hydrogens (tertiary/aromatic N) is 1. The Labute approximate surface area is 115 Å². The number of H-pyrrole nitrogens is 1. The number of aryl methyl sites for hydroxylation is 3. The molecular weight excluding hydrogens is 234 g/mol. The molecule has 0 radical (unpaired) electrons. The van der Waals surface area contributed by atoms with Gasteiger partial charge in [0.15, 0.2) is 0 Å². The molecule has 3 rings (SSSR count). The van der Waals surface area contributed by atoms with Crippen LogP contribution >= 0.6 is 0 Å². The first-order chi connectivity index (χ1) is 9.06. The van der Waals surface area contributed by atoms with E-state index in [2.05, 4.69) is 55.2 Å². The second-order valence-corrected chi connectivity index (χ2v) is 5.94. The van der Waals surface area contributed by atoms with Gasteiger partial charge in [-0.05, 0) is 50.6 Å². The SMILES string of the molecule is Cc1cc(C)c2c(C3CN(C)CCN3)c(C)[nH]c2c1. The molecule has 19 heavy (non-hydrogen) atoms. The van der Waals surface area contributed by atoms with Gasteiger partial charge in [0.05, 0.1) is 0 Å². The number of hydrogen-bond acceptors (Lipinski definition) is 2. The number of aromatic amines is 1. The highest BCUT2D eigenvalue weighted by atomic mass is 15.2. The van der Waals surface area contributed by atoms with Gasteiger partial charge in [0.2, 0.25) is 0 Å². The summed E-state index contributed by atoms with van der Waals surface area (Å²) >= 11 is 0. The summed E-state index contributed by atoms with van der Waals surface area (Å²) < 4.78 is 0. The molecule has 2 N–H and O–H groups in total. The third kappa shape index (κ3) is 2.17. The number of nitrogens with one attached hydrogen (secondary N) is 2. The molecule has 1 aromatic carbocycles. The number of piperazine rings is 1. The van der Waals surface area contributed by atoms with E-state index in [4.69, 9.17) is 0 Å². The number of hydrogen-bond donors (Lipinski definition) is 2. The van der Waals surface area contributed by atoms with Crippen LogP contribution in [0.5, 0.6) is 0 Å². The Bertz CT molecular complexity index is 612. The summed E-state index contributed by atoms with van der Waals surface area (Å²) in [6, 6.07) is 4.98. The van der Waals surface area contributed by atoms with Crippen LogP contribution in [0.1, 0.15) is 28.4 Å². The van der Waals surface area contributed by atoms with Gasteiger partial charge in [0, 0.05) is 42.3 Å². The lowest BCUT2D eigenvalue weighted by Gasteiger charge is -2.31.